The van der Waals surface area contributed by atoms with Crippen molar-refractivity contribution in [3.05, 3.63) is 34.3 Å². The molecule has 3 rings (SSSR count). The number of nitrogens with two attached hydrogens (primary N) is 1. The molecule has 0 spiro atoms. The third kappa shape index (κ3) is 7.50. The number of hydrogen-bond acceptors (Lipinski definition) is 6. The van der Waals surface area contributed by atoms with Gasteiger partial charge in [0.25, 0.3) is 5.91 Å². The number of guanidine groups is 1. The molecule has 1 aromatic rings. The van der Waals surface area contributed by atoms with Gasteiger partial charge in [0.05, 0.1) is 6.04 Å². The third-order valence-electron chi connectivity index (χ3n) is 6.85. The van der Waals surface area contributed by atoms with Gasteiger partial charge in [0.1, 0.15) is 18.3 Å². The van der Waals surface area contributed by atoms with Gasteiger partial charge in [-0.1, -0.05) is 15.9 Å². The smallest absolute Gasteiger partial charge is 0.252 e. The number of Topliss-reactive ketones (excluding diaryl/α,β-unsaturated/α-hetero) is 1. The number of ketones is 1. The highest BCUT2D eigenvalue weighted by Crippen LogP contribution is 2.29. The van der Waals surface area contributed by atoms with Crippen molar-refractivity contribution in [2.24, 2.45) is 5.73 Å². The predicted molar refractivity (Wildman–Crippen MR) is 141 cm³/mol. The van der Waals surface area contributed by atoms with E-state index in [1.165, 1.54) is 4.90 Å². The van der Waals surface area contributed by atoms with Gasteiger partial charge >= 0.3 is 0 Å². The molecule has 1 aromatic carbocycles. The van der Waals surface area contributed by atoms with Crippen LogP contribution in [0.15, 0.2) is 28.7 Å². The Balaban J connectivity index is 1.73. The Morgan fingerprint density at radius 3 is 2.53 bits per heavy atom. The van der Waals surface area contributed by atoms with Crippen LogP contribution in [0.4, 0.5) is 4.39 Å². The van der Waals surface area contributed by atoms with Crippen molar-refractivity contribution >= 4 is 45.4 Å². The molecule has 0 radical (unpaired) electrons. The summed E-state index contributed by atoms with van der Waals surface area (Å²) in [6.07, 6.45) is 1.99. The Morgan fingerprint density at radius 1 is 1.21 bits per heavy atom. The summed E-state index contributed by atoms with van der Waals surface area (Å²) in [5, 5.41) is 15.3. The standard InChI is InChI=1S/C25H34BrFN6O5/c26-17-7-5-16(6-8-17)21(35)32-25(9-13-38-14-10-25)23(37)33-12-2-4-19(33)22(36)31-18(20(34)15-27)3-1-11-30-24(28)29/h5-8,18-19H,1-4,9-15H2,(H,31,36)(H,32,35)(H4,28,29,30)/t18-,19-/m0/s1. The molecule has 0 saturated carbocycles. The number of likely N-dealkylation sites (tertiary alicyclic amines) is 1. The molecular weight excluding hydrogens is 563 g/mol. The molecule has 2 aliphatic heterocycles. The van der Waals surface area contributed by atoms with Gasteiger partial charge in [0.2, 0.25) is 11.8 Å². The molecule has 2 atom stereocenters. The highest BCUT2D eigenvalue weighted by atomic mass is 79.9. The van der Waals surface area contributed by atoms with Gasteiger partial charge in [-0.25, -0.2) is 4.39 Å². The lowest BCUT2D eigenvalue weighted by atomic mass is 9.87. The molecule has 2 saturated heterocycles. The van der Waals surface area contributed by atoms with E-state index in [1.54, 1.807) is 24.3 Å². The van der Waals surface area contributed by atoms with E-state index in [2.05, 4.69) is 31.9 Å². The van der Waals surface area contributed by atoms with Crippen LogP contribution >= 0.6 is 15.9 Å². The maximum atomic E-state index is 13.9. The second-order valence-electron chi connectivity index (χ2n) is 9.46. The quantitative estimate of drug-likeness (QED) is 0.144. The molecule has 2 fully saturated rings. The van der Waals surface area contributed by atoms with Gasteiger partial charge in [-0.15, -0.1) is 0 Å². The average molecular weight is 597 g/mol. The Labute approximate surface area is 229 Å². The van der Waals surface area contributed by atoms with Crippen LogP contribution in [-0.4, -0.2) is 85.0 Å². The third-order valence-corrected chi connectivity index (χ3v) is 7.38. The van der Waals surface area contributed by atoms with Crippen molar-refractivity contribution in [3.63, 3.8) is 0 Å². The Hall–Kier alpha value is -3.06. The fourth-order valence-electron chi connectivity index (χ4n) is 4.76. The molecule has 208 valence electrons. The van der Waals surface area contributed by atoms with E-state index in [1.807, 2.05) is 0 Å². The van der Waals surface area contributed by atoms with Crippen molar-refractivity contribution < 1.29 is 28.3 Å². The van der Waals surface area contributed by atoms with E-state index in [-0.39, 0.29) is 50.9 Å². The largest absolute Gasteiger partial charge is 0.381 e. The SMILES string of the molecule is N=C(N)NCCC[C@H](NC(=O)[C@@H]1CCCN1C(=O)C1(NC(=O)c2ccc(Br)cc2)CCOCC1)C(=O)CF. The summed E-state index contributed by atoms with van der Waals surface area (Å²) in [6.45, 7) is -0.0730. The second kappa shape index (κ2) is 13.7. The van der Waals surface area contributed by atoms with E-state index in [0.717, 1.165) is 4.47 Å². The minimum Gasteiger partial charge on any atom is -0.381 e. The summed E-state index contributed by atoms with van der Waals surface area (Å²) < 4.78 is 19.5. The number of hydrogen-bond donors (Lipinski definition) is 5. The predicted octanol–water partition coefficient (Wildman–Crippen LogP) is 1.01. The molecule has 0 aromatic heterocycles. The maximum Gasteiger partial charge on any atom is 0.252 e. The van der Waals surface area contributed by atoms with E-state index in [9.17, 15) is 23.6 Å². The number of ether oxygens (including phenoxy) is 1. The number of carbonyl (C=O) groups excluding carboxylic acids is 4. The molecular formula is C25H34BrFN6O5. The molecule has 2 aliphatic rings. The lowest BCUT2D eigenvalue weighted by molar-refractivity contribution is -0.147. The van der Waals surface area contributed by atoms with Gasteiger partial charge in [-0.2, -0.15) is 0 Å². The van der Waals surface area contributed by atoms with Crippen LogP contribution in [0.1, 0.15) is 48.9 Å². The number of carbonyl (C=O) groups is 4. The highest BCUT2D eigenvalue weighted by molar-refractivity contribution is 9.10. The number of amides is 3. The van der Waals surface area contributed by atoms with Crippen LogP contribution < -0.4 is 21.7 Å². The Bertz CT molecular complexity index is 1030. The Morgan fingerprint density at radius 2 is 1.89 bits per heavy atom. The first kappa shape index (κ1) is 29.5. The first-order chi connectivity index (χ1) is 18.2. The Kier molecular flexibility index (Phi) is 10.6. The van der Waals surface area contributed by atoms with Crippen LogP contribution in [0.3, 0.4) is 0 Å². The van der Waals surface area contributed by atoms with Crippen molar-refractivity contribution in [2.45, 2.75) is 56.1 Å². The normalized spacial score (nSPS) is 19.3. The van der Waals surface area contributed by atoms with Gasteiger partial charge in [0, 0.05) is 49.2 Å². The molecule has 0 bridgehead atoms. The van der Waals surface area contributed by atoms with E-state index in [4.69, 9.17) is 15.9 Å². The van der Waals surface area contributed by atoms with Gasteiger partial charge < -0.3 is 31.3 Å². The zero-order valence-corrected chi connectivity index (χ0v) is 22.7. The summed E-state index contributed by atoms with van der Waals surface area (Å²) >= 11 is 3.34. The van der Waals surface area contributed by atoms with Crippen molar-refractivity contribution in [1.29, 1.82) is 5.41 Å². The first-order valence-electron chi connectivity index (χ1n) is 12.6. The summed E-state index contributed by atoms with van der Waals surface area (Å²) in [5.41, 5.74) is 4.41. The second-order valence-corrected chi connectivity index (χ2v) is 10.4. The number of halogens is 2. The average Bonchev–Trinajstić information content (AvgIpc) is 3.40. The lowest BCUT2D eigenvalue weighted by Crippen LogP contribution is -2.64. The van der Waals surface area contributed by atoms with Gasteiger partial charge in [0.15, 0.2) is 11.7 Å². The van der Waals surface area contributed by atoms with Crippen molar-refractivity contribution in [3.8, 4) is 0 Å². The molecule has 13 heteroatoms. The number of rotatable bonds is 11. The number of nitrogens with one attached hydrogen (secondary N) is 4. The van der Waals surface area contributed by atoms with Crippen molar-refractivity contribution in [1.82, 2.24) is 20.9 Å². The van der Waals surface area contributed by atoms with E-state index < -0.39 is 41.9 Å². The molecule has 2 heterocycles. The molecule has 38 heavy (non-hydrogen) atoms. The molecule has 6 N–H and O–H groups in total. The summed E-state index contributed by atoms with van der Waals surface area (Å²) in [5.74, 6) is -2.30. The van der Waals surface area contributed by atoms with Crippen LogP contribution in [0.25, 0.3) is 0 Å². The highest BCUT2D eigenvalue weighted by Gasteiger charge is 2.48. The van der Waals surface area contributed by atoms with E-state index in [0.29, 0.717) is 31.4 Å². The molecule has 3 amide bonds. The minimum absolute atomic E-state index is 0.153. The zero-order valence-electron chi connectivity index (χ0n) is 21.1. The first-order valence-corrected chi connectivity index (χ1v) is 13.4. The van der Waals surface area contributed by atoms with Crippen LogP contribution in [0.2, 0.25) is 0 Å². The lowest BCUT2D eigenvalue weighted by Gasteiger charge is -2.40. The number of nitrogens with zero attached hydrogens (tertiary/aromatic N) is 1. The fourth-order valence-corrected chi connectivity index (χ4v) is 5.03. The zero-order chi connectivity index (χ0) is 27.7. The summed E-state index contributed by atoms with van der Waals surface area (Å²) in [6, 6.07) is 4.86. The molecule has 11 nitrogen and oxygen atoms in total. The van der Waals surface area contributed by atoms with Crippen LogP contribution in [0.5, 0.6) is 0 Å². The number of benzene rings is 1. The van der Waals surface area contributed by atoms with Gasteiger partial charge in [-0.3, -0.25) is 24.6 Å². The van der Waals surface area contributed by atoms with Crippen LogP contribution in [0, 0.1) is 5.41 Å². The monoisotopic (exact) mass is 596 g/mol. The van der Waals surface area contributed by atoms with Crippen molar-refractivity contribution in [2.75, 3.05) is 33.0 Å². The van der Waals surface area contributed by atoms with Crippen LogP contribution in [-0.2, 0) is 19.1 Å². The summed E-state index contributed by atoms with van der Waals surface area (Å²) in [4.78, 5) is 53.8. The number of alkyl halides is 1. The fraction of sp³-hybridized carbons (Fsp3) is 0.560. The van der Waals surface area contributed by atoms with Gasteiger partial charge in [-0.05, 0) is 49.9 Å². The van der Waals surface area contributed by atoms with E-state index >= 15 is 0 Å². The topological polar surface area (TPSA) is 167 Å². The minimum atomic E-state index is -1.24. The maximum absolute atomic E-state index is 13.9. The molecule has 0 unspecified atom stereocenters. The molecule has 0 aliphatic carbocycles. The summed E-state index contributed by atoms with van der Waals surface area (Å²) in [7, 11) is 0.